The van der Waals surface area contributed by atoms with Gasteiger partial charge in [0.2, 0.25) is 5.91 Å². The van der Waals surface area contributed by atoms with Gasteiger partial charge in [-0.05, 0) is 38.3 Å². The van der Waals surface area contributed by atoms with Crippen LogP contribution in [0.1, 0.15) is 37.8 Å². The van der Waals surface area contributed by atoms with Gasteiger partial charge in [-0.15, -0.1) is 6.58 Å². The maximum atomic E-state index is 12.0. The van der Waals surface area contributed by atoms with Gasteiger partial charge in [-0.2, -0.15) is 0 Å². The number of carbonyl (C=O) groups is 1. The molecule has 6 nitrogen and oxygen atoms in total. The van der Waals surface area contributed by atoms with Gasteiger partial charge in [0.1, 0.15) is 5.82 Å². The normalized spacial score (nSPS) is 11.1. The molecular weight excluding hydrogens is 314 g/mol. The van der Waals surface area contributed by atoms with E-state index in [1.807, 2.05) is 32.2 Å². The van der Waals surface area contributed by atoms with E-state index in [1.165, 1.54) is 12.8 Å². The number of hydrogen-bond acceptors (Lipinski definition) is 3. The molecule has 2 N–H and O–H groups in total. The Hall–Kier alpha value is -2.37. The van der Waals surface area contributed by atoms with Gasteiger partial charge in [0.15, 0.2) is 5.96 Å². The topological polar surface area (TPSA) is 69.6 Å². The monoisotopic (exact) mass is 345 g/mol. The molecule has 0 spiro atoms. The van der Waals surface area contributed by atoms with Gasteiger partial charge >= 0.3 is 0 Å². The molecule has 1 heterocycles. The second-order valence-electron chi connectivity index (χ2n) is 6.00. The molecule has 0 atom stereocenters. The second kappa shape index (κ2) is 12.1. The number of amides is 1. The third-order valence-electron chi connectivity index (χ3n) is 3.77. The molecule has 0 radical (unpaired) electrons. The standard InChI is InChI=1S/C19H31N5O/c1-5-6-7-8-9-15-24(4)19(20-3)21-14-13-18(25)23-17-12-10-11-16(2)22-17/h5,10-12H,1,6-9,13-15H2,2-4H3,(H,20,21)(H,22,23,25). The molecule has 1 aromatic rings. The maximum absolute atomic E-state index is 12.0. The van der Waals surface area contributed by atoms with E-state index in [0.29, 0.717) is 18.8 Å². The molecule has 25 heavy (non-hydrogen) atoms. The van der Waals surface area contributed by atoms with E-state index in [2.05, 4.69) is 32.1 Å². The Bertz CT molecular complexity index is 571. The summed E-state index contributed by atoms with van der Waals surface area (Å²) in [5.74, 6) is 1.34. The first-order chi connectivity index (χ1) is 12.1. The van der Waals surface area contributed by atoms with E-state index in [9.17, 15) is 4.79 Å². The first kappa shape index (κ1) is 20.7. The first-order valence-corrected chi connectivity index (χ1v) is 8.83. The summed E-state index contributed by atoms with van der Waals surface area (Å²) in [6, 6.07) is 5.56. The van der Waals surface area contributed by atoms with Crippen molar-refractivity contribution in [2.45, 2.75) is 39.0 Å². The number of hydrogen-bond donors (Lipinski definition) is 2. The van der Waals surface area contributed by atoms with Crippen molar-refractivity contribution in [1.82, 2.24) is 15.2 Å². The van der Waals surface area contributed by atoms with Crippen molar-refractivity contribution in [3.8, 4) is 0 Å². The second-order valence-corrected chi connectivity index (χ2v) is 6.00. The minimum Gasteiger partial charge on any atom is -0.356 e. The largest absolute Gasteiger partial charge is 0.356 e. The number of rotatable bonds is 10. The highest BCUT2D eigenvalue weighted by Crippen LogP contribution is 2.04. The molecule has 0 fully saturated rings. The fourth-order valence-electron chi connectivity index (χ4n) is 2.41. The van der Waals surface area contributed by atoms with Gasteiger partial charge in [0, 0.05) is 39.3 Å². The number of anilines is 1. The Labute approximate surface area is 151 Å². The van der Waals surface area contributed by atoms with E-state index in [0.717, 1.165) is 31.0 Å². The maximum Gasteiger partial charge on any atom is 0.227 e. The molecule has 0 unspecified atom stereocenters. The van der Waals surface area contributed by atoms with Gasteiger partial charge in [-0.3, -0.25) is 9.79 Å². The van der Waals surface area contributed by atoms with Crippen molar-refractivity contribution >= 4 is 17.7 Å². The van der Waals surface area contributed by atoms with Gasteiger partial charge < -0.3 is 15.5 Å². The van der Waals surface area contributed by atoms with E-state index in [4.69, 9.17) is 0 Å². The van der Waals surface area contributed by atoms with Crippen LogP contribution < -0.4 is 10.6 Å². The SMILES string of the molecule is C=CCCCCCN(C)C(=NC)NCCC(=O)Nc1cccc(C)n1. The van der Waals surface area contributed by atoms with Crippen LogP contribution in [0.2, 0.25) is 0 Å². The molecule has 6 heteroatoms. The quantitative estimate of drug-likeness (QED) is 0.296. The Kier molecular flexibility index (Phi) is 9.97. The molecule has 0 aromatic carbocycles. The number of aryl methyl sites for hydroxylation is 1. The molecule has 0 bridgehead atoms. The molecule has 0 saturated heterocycles. The van der Waals surface area contributed by atoms with Crippen molar-refractivity contribution in [3.05, 3.63) is 36.5 Å². The van der Waals surface area contributed by atoms with Crippen LogP contribution in [0.4, 0.5) is 5.82 Å². The van der Waals surface area contributed by atoms with Crippen molar-refractivity contribution in [2.75, 3.05) is 32.5 Å². The van der Waals surface area contributed by atoms with Crippen LogP contribution in [-0.2, 0) is 4.79 Å². The number of carbonyl (C=O) groups excluding carboxylic acids is 1. The number of pyridine rings is 1. The molecule has 0 aliphatic heterocycles. The fraction of sp³-hybridized carbons (Fsp3) is 0.526. The van der Waals surface area contributed by atoms with E-state index in [1.54, 1.807) is 13.1 Å². The molecular formula is C19H31N5O. The highest BCUT2D eigenvalue weighted by atomic mass is 16.1. The minimum absolute atomic E-state index is 0.0619. The lowest BCUT2D eigenvalue weighted by atomic mass is 10.2. The van der Waals surface area contributed by atoms with Crippen LogP contribution >= 0.6 is 0 Å². The highest BCUT2D eigenvalue weighted by Gasteiger charge is 2.07. The zero-order valence-corrected chi connectivity index (χ0v) is 15.7. The molecule has 0 saturated carbocycles. The van der Waals surface area contributed by atoms with Crippen LogP contribution in [0, 0.1) is 6.92 Å². The minimum atomic E-state index is -0.0619. The van der Waals surface area contributed by atoms with Gasteiger partial charge in [-0.1, -0.05) is 18.6 Å². The van der Waals surface area contributed by atoms with Crippen LogP contribution in [0.15, 0.2) is 35.8 Å². The van der Waals surface area contributed by atoms with Crippen LogP contribution in [0.3, 0.4) is 0 Å². The van der Waals surface area contributed by atoms with Crippen molar-refractivity contribution in [1.29, 1.82) is 0 Å². The molecule has 0 aliphatic rings. The lowest BCUT2D eigenvalue weighted by molar-refractivity contribution is -0.116. The van der Waals surface area contributed by atoms with E-state index >= 15 is 0 Å². The Morgan fingerprint density at radius 1 is 1.36 bits per heavy atom. The summed E-state index contributed by atoms with van der Waals surface area (Å²) in [7, 11) is 3.77. The number of allylic oxidation sites excluding steroid dienone is 1. The number of aliphatic imine (C=N–C) groups is 1. The van der Waals surface area contributed by atoms with Crippen molar-refractivity contribution in [3.63, 3.8) is 0 Å². The smallest absolute Gasteiger partial charge is 0.227 e. The number of nitrogens with one attached hydrogen (secondary N) is 2. The summed E-state index contributed by atoms with van der Waals surface area (Å²) >= 11 is 0. The average molecular weight is 345 g/mol. The van der Waals surface area contributed by atoms with Gasteiger partial charge in [0.05, 0.1) is 0 Å². The summed E-state index contributed by atoms with van der Waals surface area (Å²) in [6.45, 7) is 7.11. The Morgan fingerprint density at radius 2 is 2.16 bits per heavy atom. The number of guanidine groups is 1. The Balaban J connectivity index is 2.27. The molecule has 0 aliphatic carbocycles. The molecule has 1 amide bonds. The summed E-state index contributed by atoms with van der Waals surface area (Å²) in [5.41, 5.74) is 0.881. The third-order valence-corrected chi connectivity index (χ3v) is 3.77. The number of aromatic nitrogens is 1. The van der Waals surface area contributed by atoms with Gasteiger partial charge in [-0.25, -0.2) is 4.98 Å². The summed E-state index contributed by atoms with van der Waals surface area (Å²) in [5, 5.41) is 6.03. The molecule has 1 aromatic heterocycles. The molecule has 138 valence electrons. The van der Waals surface area contributed by atoms with Crippen LogP contribution in [-0.4, -0.2) is 48.9 Å². The van der Waals surface area contributed by atoms with Crippen molar-refractivity contribution in [2.24, 2.45) is 4.99 Å². The summed E-state index contributed by atoms with van der Waals surface area (Å²) in [6.07, 6.45) is 6.87. The predicted molar refractivity (Wildman–Crippen MR) is 105 cm³/mol. The van der Waals surface area contributed by atoms with Crippen LogP contribution in [0.25, 0.3) is 0 Å². The third kappa shape index (κ3) is 8.88. The first-order valence-electron chi connectivity index (χ1n) is 8.83. The number of unbranched alkanes of at least 4 members (excludes halogenated alkanes) is 3. The van der Waals surface area contributed by atoms with Crippen LogP contribution in [0.5, 0.6) is 0 Å². The molecule has 1 rings (SSSR count). The average Bonchev–Trinajstić information content (AvgIpc) is 2.58. The zero-order valence-electron chi connectivity index (χ0n) is 15.7. The van der Waals surface area contributed by atoms with Gasteiger partial charge in [0.25, 0.3) is 0 Å². The highest BCUT2D eigenvalue weighted by molar-refractivity contribution is 5.90. The Morgan fingerprint density at radius 3 is 2.84 bits per heavy atom. The zero-order chi connectivity index (χ0) is 18.5. The van der Waals surface area contributed by atoms with E-state index < -0.39 is 0 Å². The lowest BCUT2D eigenvalue weighted by Gasteiger charge is -2.22. The van der Waals surface area contributed by atoms with E-state index in [-0.39, 0.29) is 5.91 Å². The van der Waals surface area contributed by atoms with Crippen molar-refractivity contribution < 1.29 is 4.79 Å². The predicted octanol–water partition coefficient (Wildman–Crippen LogP) is 2.97. The lowest BCUT2D eigenvalue weighted by Crippen LogP contribution is -2.40. The summed E-state index contributed by atoms with van der Waals surface area (Å²) < 4.78 is 0. The number of nitrogens with zero attached hydrogens (tertiary/aromatic N) is 3. The fourth-order valence-corrected chi connectivity index (χ4v) is 2.41. The summed E-state index contributed by atoms with van der Waals surface area (Å²) in [4.78, 5) is 22.6.